The summed E-state index contributed by atoms with van der Waals surface area (Å²) in [6.07, 6.45) is 0. The average molecular weight is 483 g/mol. The first-order valence-corrected chi connectivity index (χ1v) is 11.2. The number of amides is 1. The second-order valence-electron chi connectivity index (χ2n) is 10.1. The molecule has 6 nitrogen and oxygen atoms in total. The molecule has 0 aliphatic heterocycles. The second kappa shape index (κ2) is 9.47. The van der Waals surface area contributed by atoms with E-state index in [-0.39, 0.29) is 34.1 Å². The summed E-state index contributed by atoms with van der Waals surface area (Å²) in [6.45, 7) is 11.4. The molecule has 0 bridgehead atoms. The minimum atomic E-state index is -0.617. The highest BCUT2D eigenvalue weighted by atomic mass is 35.5. The van der Waals surface area contributed by atoms with Gasteiger partial charge in [0.05, 0.1) is 10.7 Å². The maximum atomic E-state index is 14.5. The van der Waals surface area contributed by atoms with E-state index in [1.54, 1.807) is 20.8 Å². The molecule has 0 spiro atoms. The van der Waals surface area contributed by atoms with Crippen LogP contribution in [-0.2, 0) is 11.3 Å². The first kappa shape index (κ1) is 25.3. The predicted molar refractivity (Wildman–Crippen MR) is 132 cm³/mol. The van der Waals surface area contributed by atoms with Gasteiger partial charge in [0.25, 0.3) is 0 Å². The number of carbonyl (C=O) groups excluding carboxylic acids is 1. The Morgan fingerprint density at radius 2 is 1.79 bits per heavy atom. The first-order chi connectivity index (χ1) is 15.7. The number of hydrogen-bond acceptors (Lipinski definition) is 3. The van der Waals surface area contributed by atoms with E-state index in [2.05, 4.69) is 27.2 Å². The Morgan fingerprint density at radius 3 is 2.38 bits per heavy atom. The molecule has 8 heteroatoms. The number of benzene rings is 2. The third-order valence-corrected chi connectivity index (χ3v) is 5.13. The van der Waals surface area contributed by atoms with Gasteiger partial charge in [-0.15, -0.1) is 5.10 Å². The molecule has 1 aromatic heterocycles. The van der Waals surface area contributed by atoms with Crippen LogP contribution in [0.3, 0.4) is 0 Å². The van der Waals surface area contributed by atoms with E-state index < -0.39 is 16.9 Å². The number of nitrogens with zero attached hydrogens (tertiary/aromatic N) is 2. The molecule has 0 saturated carbocycles. The SMILES string of the molecule is CC(C)(C)C#Cc1ccc(-c2nn(-c3cc(CNC(=O)C(C)(C)C)c(F)cc3Cl)c(=O)[nH]2)cc1. The molecule has 0 atom stereocenters. The normalized spacial score (nSPS) is 11.6. The van der Waals surface area contributed by atoms with Crippen molar-refractivity contribution in [2.75, 3.05) is 0 Å². The Labute approximate surface area is 203 Å². The van der Waals surface area contributed by atoms with Gasteiger partial charge in [-0.25, -0.2) is 9.18 Å². The van der Waals surface area contributed by atoms with Gasteiger partial charge in [0, 0.05) is 34.1 Å². The molecule has 0 radical (unpaired) electrons. The van der Waals surface area contributed by atoms with Crippen molar-refractivity contribution >= 4 is 17.5 Å². The van der Waals surface area contributed by atoms with Gasteiger partial charge in [0.1, 0.15) is 5.82 Å². The molecule has 1 heterocycles. The van der Waals surface area contributed by atoms with Crippen molar-refractivity contribution in [1.29, 1.82) is 0 Å². The van der Waals surface area contributed by atoms with Crippen LogP contribution in [0.2, 0.25) is 5.02 Å². The van der Waals surface area contributed by atoms with E-state index in [0.29, 0.717) is 11.4 Å². The summed E-state index contributed by atoms with van der Waals surface area (Å²) in [5.41, 5.74) is 0.694. The van der Waals surface area contributed by atoms with Crippen LogP contribution in [0.15, 0.2) is 41.2 Å². The Kier molecular flexibility index (Phi) is 7.04. The summed E-state index contributed by atoms with van der Waals surface area (Å²) in [4.78, 5) is 27.5. The van der Waals surface area contributed by atoms with Gasteiger partial charge in [-0.2, -0.15) is 4.68 Å². The second-order valence-corrected chi connectivity index (χ2v) is 10.5. The van der Waals surface area contributed by atoms with Crippen molar-refractivity contribution in [3.63, 3.8) is 0 Å². The van der Waals surface area contributed by atoms with Crippen molar-refractivity contribution in [2.24, 2.45) is 10.8 Å². The highest BCUT2D eigenvalue weighted by molar-refractivity contribution is 6.32. The van der Waals surface area contributed by atoms with Crippen LogP contribution >= 0.6 is 11.6 Å². The van der Waals surface area contributed by atoms with E-state index in [1.165, 1.54) is 6.07 Å². The molecular formula is C26H28ClFN4O2. The zero-order valence-corrected chi connectivity index (χ0v) is 20.9. The summed E-state index contributed by atoms with van der Waals surface area (Å²) < 4.78 is 15.6. The third-order valence-electron chi connectivity index (χ3n) is 4.82. The Balaban J connectivity index is 1.90. The third kappa shape index (κ3) is 6.15. The Morgan fingerprint density at radius 1 is 1.15 bits per heavy atom. The lowest BCUT2D eigenvalue weighted by molar-refractivity contribution is -0.128. The van der Waals surface area contributed by atoms with E-state index >= 15 is 0 Å². The summed E-state index contributed by atoms with van der Waals surface area (Å²) in [7, 11) is 0. The van der Waals surface area contributed by atoms with Crippen LogP contribution in [0.25, 0.3) is 17.1 Å². The lowest BCUT2D eigenvalue weighted by atomic mass is 9.95. The molecule has 3 rings (SSSR count). The van der Waals surface area contributed by atoms with Crippen molar-refractivity contribution in [3.8, 4) is 28.9 Å². The quantitative estimate of drug-likeness (QED) is 0.509. The Hall–Kier alpha value is -3.37. The van der Waals surface area contributed by atoms with E-state index in [0.717, 1.165) is 16.3 Å². The molecule has 178 valence electrons. The highest BCUT2D eigenvalue weighted by Crippen LogP contribution is 2.25. The molecule has 2 N–H and O–H groups in total. The molecule has 2 aromatic carbocycles. The number of nitrogens with one attached hydrogen (secondary N) is 2. The first-order valence-electron chi connectivity index (χ1n) is 10.8. The van der Waals surface area contributed by atoms with Crippen LogP contribution in [0.5, 0.6) is 0 Å². The minimum absolute atomic E-state index is 0.0244. The van der Waals surface area contributed by atoms with E-state index in [9.17, 15) is 14.0 Å². The topological polar surface area (TPSA) is 79.8 Å². The maximum Gasteiger partial charge on any atom is 0.348 e. The number of aromatic nitrogens is 3. The van der Waals surface area contributed by atoms with E-state index in [1.807, 2.05) is 45.0 Å². The lowest BCUT2D eigenvalue weighted by Gasteiger charge is -2.18. The fourth-order valence-electron chi connectivity index (χ4n) is 2.91. The molecule has 0 aliphatic rings. The van der Waals surface area contributed by atoms with Gasteiger partial charge >= 0.3 is 5.69 Å². The molecule has 34 heavy (non-hydrogen) atoms. The zero-order valence-electron chi connectivity index (χ0n) is 20.1. The summed E-state index contributed by atoms with van der Waals surface area (Å²) in [5, 5.41) is 7.07. The van der Waals surface area contributed by atoms with Gasteiger partial charge in [-0.3, -0.25) is 9.78 Å². The number of H-pyrrole nitrogens is 1. The number of halogens is 2. The number of aromatic amines is 1. The standard InChI is InChI=1S/C26H28ClFN4O2/c1-25(2,3)12-11-16-7-9-17(10-8-16)22-30-24(34)32(31-22)21-13-18(20(28)14-19(21)27)15-29-23(33)26(4,5)6/h7-10,13-14H,15H2,1-6H3,(H,29,33)(H,30,31,34). The van der Waals surface area contributed by atoms with Gasteiger partial charge in [-0.05, 0) is 57.2 Å². The lowest BCUT2D eigenvalue weighted by Crippen LogP contribution is -2.34. The fourth-order valence-corrected chi connectivity index (χ4v) is 3.14. The number of hydrogen-bond donors (Lipinski definition) is 2. The molecule has 3 aromatic rings. The summed E-state index contributed by atoms with van der Waals surface area (Å²) >= 11 is 6.23. The molecular weight excluding hydrogens is 455 g/mol. The molecule has 1 amide bonds. The molecule has 0 saturated heterocycles. The van der Waals surface area contributed by atoms with Crippen LogP contribution in [0.1, 0.15) is 52.7 Å². The van der Waals surface area contributed by atoms with Crippen LogP contribution in [0.4, 0.5) is 4.39 Å². The van der Waals surface area contributed by atoms with Crippen molar-refractivity contribution < 1.29 is 9.18 Å². The summed E-state index contributed by atoms with van der Waals surface area (Å²) in [5.74, 6) is 5.83. The van der Waals surface area contributed by atoms with Crippen molar-refractivity contribution in [1.82, 2.24) is 20.1 Å². The van der Waals surface area contributed by atoms with Crippen LogP contribution in [-0.4, -0.2) is 20.7 Å². The van der Waals surface area contributed by atoms with Gasteiger partial charge in [0.2, 0.25) is 5.91 Å². The molecule has 0 aliphatic carbocycles. The maximum absolute atomic E-state index is 14.5. The monoisotopic (exact) mass is 482 g/mol. The highest BCUT2D eigenvalue weighted by Gasteiger charge is 2.22. The van der Waals surface area contributed by atoms with Crippen molar-refractivity contribution in [2.45, 2.75) is 48.1 Å². The van der Waals surface area contributed by atoms with Gasteiger partial charge in [-0.1, -0.05) is 44.2 Å². The van der Waals surface area contributed by atoms with Crippen molar-refractivity contribution in [3.05, 3.63) is 68.8 Å². The molecule has 0 unspecified atom stereocenters. The average Bonchev–Trinajstić information content (AvgIpc) is 3.12. The predicted octanol–water partition coefficient (Wildman–Crippen LogP) is 5.08. The summed E-state index contributed by atoms with van der Waals surface area (Å²) in [6, 6.07) is 9.86. The van der Waals surface area contributed by atoms with E-state index in [4.69, 9.17) is 11.6 Å². The van der Waals surface area contributed by atoms with Crippen LogP contribution in [0, 0.1) is 28.5 Å². The largest absolute Gasteiger partial charge is 0.351 e. The number of carbonyl (C=O) groups is 1. The van der Waals surface area contributed by atoms with Gasteiger partial charge < -0.3 is 5.32 Å². The van der Waals surface area contributed by atoms with Crippen LogP contribution < -0.4 is 11.0 Å². The smallest absolute Gasteiger partial charge is 0.348 e. The minimum Gasteiger partial charge on any atom is -0.351 e. The number of rotatable bonds is 4. The molecule has 0 fully saturated rings. The zero-order chi connectivity index (χ0) is 25.3. The fraction of sp³-hybridized carbons (Fsp3) is 0.346. The van der Waals surface area contributed by atoms with Gasteiger partial charge in [0.15, 0.2) is 5.82 Å². The Bertz CT molecular complexity index is 1330.